The van der Waals surface area contributed by atoms with Crippen LogP contribution in [0.2, 0.25) is 5.02 Å². The summed E-state index contributed by atoms with van der Waals surface area (Å²) >= 11 is 6.37. The molecule has 0 atom stereocenters. The fourth-order valence-electron chi connectivity index (χ4n) is 6.21. The van der Waals surface area contributed by atoms with Gasteiger partial charge in [0.15, 0.2) is 0 Å². The molecule has 2 aliphatic heterocycles. The van der Waals surface area contributed by atoms with Gasteiger partial charge in [-0.15, -0.1) is 0 Å². The van der Waals surface area contributed by atoms with Gasteiger partial charge in [-0.1, -0.05) is 17.7 Å². The van der Waals surface area contributed by atoms with Crippen LogP contribution in [0.3, 0.4) is 0 Å². The highest BCUT2D eigenvalue weighted by molar-refractivity contribution is 6.31. The SMILES string of the molecule is C=NCc1ccc(OC2CCC(c3cnc(-c4ccc(N5CC(CN6CCNCC6)C5)cc4)[nH]3)CC2)cc1Cl. The first kappa shape index (κ1) is 26.4. The van der Waals surface area contributed by atoms with Crippen molar-refractivity contribution in [3.8, 4) is 17.1 Å². The number of H-pyrrole nitrogens is 1. The first-order valence-corrected chi connectivity index (χ1v) is 14.7. The first-order valence-electron chi connectivity index (χ1n) is 14.4. The van der Waals surface area contributed by atoms with Crippen molar-refractivity contribution in [1.82, 2.24) is 20.2 Å². The molecule has 0 spiro atoms. The Bertz CT molecular complexity index is 1240. The average Bonchev–Trinajstić information content (AvgIpc) is 3.44. The maximum absolute atomic E-state index is 6.37. The van der Waals surface area contributed by atoms with Crippen molar-refractivity contribution in [2.45, 2.75) is 44.2 Å². The summed E-state index contributed by atoms with van der Waals surface area (Å²) in [6.45, 7) is 12.2. The van der Waals surface area contributed by atoms with Crippen molar-refractivity contribution in [2.24, 2.45) is 10.9 Å². The van der Waals surface area contributed by atoms with Gasteiger partial charge in [-0.05, 0) is 74.4 Å². The summed E-state index contributed by atoms with van der Waals surface area (Å²) in [4.78, 5) is 17.4. The lowest BCUT2D eigenvalue weighted by Crippen LogP contribution is -2.54. The molecule has 2 aromatic carbocycles. The highest BCUT2D eigenvalue weighted by Gasteiger charge is 2.29. The van der Waals surface area contributed by atoms with E-state index in [-0.39, 0.29) is 6.10 Å². The summed E-state index contributed by atoms with van der Waals surface area (Å²) in [6, 6.07) is 14.8. The molecule has 8 heteroatoms. The van der Waals surface area contributed by atoms with E-state index in [1.54, 1.807) is 0 Å². The van der Waals surface area contributed by atoms with E-state index in [9.17, 15) is 0 Å². The smallest absolute Gasteiger partial charge is 0.137 e. The second-order valence-electron chi connectivity index (χ2n) is 11.3. The molecule has 6 rings (SSSR count). The van der Waals surface area contributed by atoms with E-state index in [0.29, 0.717) is 17.5 Å². The van der Waals surface area contributed by atoms with E-state index in [4.69, 9.17) is 21.3 Å². The number of aromatic nitrogens is 2. The zero-order chi connectivity index (χ0) is 26.6. The molecule has 1 aliphatic carbocycles. The predicted molar refractivity (Wildman–Crippen MR) is 159 cm³/mol. The third-order valence-electron chi connectivity index (χ3n) is 8.51. The van der Waals surface area contributed by atoms with E-state index in [1.165, 1.54) is 31.0 Å². The molecule has 2 saturated heterocycles. The average molecular weight is 547 g/mol. The molecule has 39 heavy (non-hydrogen) atoms. The van der Waals surface area contributed by atoms with Crippen molar-refractivity contribution >= 4 is 24.0 Å². The predicted octanol–water partition coefficient (Wildman–Crippen LogP) is 5.38. The minimum Gasteiger partial charge on any atom is -0.490 e. The highest BCUT2D eigenvalue weighted by Crippen LogP contribution is 2.35. The van der Waals surface area contributed by atoms with Gasteiger partial charge in [0.1, 0.15) is 11.6 Å². The molecule has 1 aromatic heterocycles. The summed E-state index contributed by atoms with van der Waals surface area (Å²) in [5.41, 5.74) is 4.67. The Balaban J connectivity index is 0.978. The molecule has 3 aromatic rings. The van der Waals surface area contributed by atoms with Crippen molar-refractivity contribution < 1.29 is 4.74 Å². The lowest BCUT2D eigenvalue weighted by Gasteiger charge is -2.44. The standard InChI is InChI=1S/C31H39ClN6O/c1-33-17-25-6-11-28(16-29(25)32)39-27-9-4-23(5-10-27)30-18-35-31(36-30)24-2-7-26(8-3-24)38-20-22(21-38)19-37-14-12-34-13-15-37/h2-3,6-8,11,16,18,22-23,27,34H,1,4-5,9-10,12-15,17,19-21H2,(H,35,36). The summed E-state index contributed by atoms with van der Waals surface area (Å²) in [6.07, 6.45) is 6.45. The molecular formula is C31H39ClN6O. The number of hydrogen-bond donors (Lipinski definition) is 2. The van der Waals surface area contributed by atoms with Gasteiger partial charge in [0.2, 0.25) is 0 Å². The number of halogens is 1. The summed E-state index contributed by atoms with van der Waals surface area (Å²) < 4.78 is 6.25. The molecule has 3 fully saturated rings. The number of imidazole rings is 1. The van der Waals surface area contributed by atoms with Crippen LogP contribution >= 0.6 is 11.6 Å². The van der Waals surface area contributed by atoms with Gasteiger partial charge >= 0.3 is 0 Å². The monoisotopic (exact) mass is 546 g/mol. The van der Waals surface area contributed by atoms with Crippen molar-refractivity contribution in [2.75, 3.05) is 50.7 Å². The number of nitrogens with one attached hydrogen (secondary N) is 2. The van der Waals surface area contributed by atoms with Crippen LogP contribution < -0.4 is 15.0 Å². The number of benzene rings is 2. The Labute approximate surface area is 236 Å². The molecule has 0 radical (unpaired) electrons. The van der Waals surface area contributed by atoms with Crippen LogP contribution in [0.5, 0.6) is 5.75 Å². The lowest BCUT2D eigenvalue weighted by atomic mass is 9.85. The summed E-state index contributed by atoms with van der Waals surface area (Å²) in [5.74, 6) is 3.06. The molecule has 7 nitrogen and oxygen atoms in total. The van der Waals surface area contributed by atoms with E-state index >= 15 is 0 Å². The topological polar surface area (TPSA) is 68.8 Å². The Morgan fingerprint density at radius 1 is 1.03 bits per heavy atom. The van der Waals surface area contributed by atoms with Crippen LogP contribution in [0.1, 0.15) is 42.9 Å². The number of anilines is 1. The molecule has 0 amide bonds. The van der Waals surface area contributed by atoms with E-state index in [1.807, 2.05) is 24.4 Å². The third-order valence-corrected chi connectivity index (χ3v) is 8.86. The quantitative estimate of drug-likeness (QED) is 0.353. The number of piperazine rings is 1. The number of hydrogen-bond acceptors (Lipinski definition) is 6. The fraction of sp³-hybridized carbons (Fsp3) is 0.484. The van der Waals surface area contributed by atoms with Crippen LogP contribution in [0, 0.1) is 5.92 Å². The molecular weight excluding hydrogens is 508 g/mol. The Kier molecular flexibility index (Phi) is 8.18. The van der Waals surface area contributed by atoms with E-state index in [0.717, 1.165) is 80.5 Å². The molecule has 1 saturated carbocycles. The summed E-state index contributed by atoms with van der Waals surface area (Å²) in [5, 5.41) is 4.13. The summed E-state index contributed by atoms with van der Waals surface area (Å²) in [7, 11) is 0. The Morgan fingerprint density at radius 3 is 2.51 bits per heavy atom. The van der Waals surface area contributed by atoms with Crippen LogP contribution in [0.15, 0.2) is 53.7 Å². The van der Waals surface area contributed by atoms with Gasteiger partial charge in [0.05, 0.1) is 12.6 Å². The van der Waals surface area contributed by atoms with Crippen LogP contribution in [0.25, 0.3) is 11.4 Å². The van der Waals surface area contributed by atoms with Gasteiger partial charge in [0.25, 0.3) is 0 Å². The van der Waals surface area contributed by atoms with Gasteiger partial charge in [0, 0.05) is 85.8 Å². The van der Waals surface area contributed by atoms with Crippen molar-refractivity contribution in [1.29, 1.82) is 0 Å². The second kappa shape index (κ2) is 12.1. The van der Waals surface area contributed by atoms with Crippen LogP contribution in [-0.2, 0) is 6.54 Å². The van der Waals surface area contributed by atoms with Gasteiger partial charge in [-0.25, -0.2) is 4.98 Å². The number of aliphatic imine (C=N–C) groups is 1. The van der Waals surface area contributed by atoms with Gasteiger partial charge in [-0.3, -0.25) is 4.99 Å². The normalized spacial score (nSPS) is 22.4. The molecule has 0 bridgehead atoms. The first-order chi connectivity index (χ1) is 19.1. The highest BCUT2D eigenvalue weighted by atomic mass is 35.5. The fourth-order valence-corrected chi connectivity index (χ4v) is 6.44. The Hall–Kier alpha value is -2.87. The van der Waals surface area contributed by atoms with Crippen LogP contribution in [-0.4, -0.2) is 73.5 Å². The molecule has 3 heterocycles. The molecule has 2 N–H and O–H groups in total. The molecule has 3 aliphatic rings. The van der Waals surface area contributed by atoms with E-state index in [2.05, 4.69) is 56.1 Å². The largest absolute Gasteiger partial charge is 0.490 e. The number of rotatable bonds is 9. The minimum atomic E-state index is 0.216. The second-order valence-corrected chi connectivity index (χ2v) is 11.7. The van der Waals surface area contributed by atoms with Gasteiger partial charge in [-0.2, -0.15) is 0 Å². The maximum atomic E-state index is 6.37. The maximum Gasteiger partial charge on any atom is 0.137 e. The molecule has 0 unspecified atom stereocenters. The number of nitrogens with zero attached hydrogens (tertiary/aromatic N) is 4. The van der Waals surface area contributed by atoms with Crippen LogP contribution in [0.4, 0.5) is 5.69 Å². The van der Waals surface area contributed by atoms with E-state index < -0.39 is 0 Å². The molecule has 206 valence electrons. The van der Waals surface area contributed by atoms with Crippen molar-refractivity contribution in [3.63, 3.8) is 0 Å². The number of aromatic amines is 1. The minimum absolute atomic E-state index is 0.216. The zero-order valence-corrected chi connectivity index (χ0v) is 23.4. The van der Waals surface area contributed by atoms with Crippen molar-refractivity contribution in [3.05, 3.63) is 64.9 Å². The third kappa shape index (κ3) is 6.32. The number of ether oxygens (including phenoxy) is 1. The van der Waals surface area contributed by atoms with Gasteiger partial charge < -0.3 is 24.8 Å². The zero-order valence-electron chi connectivity index (χ0n) is 22.6. The lowest BCUT2D eigenvalue weighted by molar-refractivity contribution is 0.146. The Morgan fingerprint density at radius 2 is 1.79 bits per heavy atom.